The van der Waals surface area contributed by atoms with Gasteiger partial charge in [-0.2, -0.15) is 0 Å². The van der Waals surface area contributed by atoms with Crippen LogP contribution in [0.15, 0.2) is 191 Å². The number of hydrogen-bond donors (Lipinski definition) is 2. The number of aliphatic imine (C=N–C) groups is 1. The first-order chi connectivity index (χ1) is 29.0. The molecule has 0 spiro atoms. The lowest BCUT2D eigenvalue weighted by Gasteiger charge is -2.33. The molecule has 282 valence electrons. The average molecular weight is 761 g/mol. The fraction of sp³-hybridized carbons (Fsp3) is 0.0926. The van der Waals surface area contributed by atoms with E-state index >= 15 is 0 Å². The quantitative estimate of drug-likeness (QED) is 0.184. The van der Waals surface area contributed by atoms with Gasteiger partial charge in [-0.15, -0.1) is 0 Å². The van der Waals surface area contributed by atoms with Crippen LogP contribution < -0.4 is 10.6 Å². The summed E-state index contributed by atoms with van der Waals surface area (Å²) in [5, 5.41) is 12.2. The number of rotatable bonds is 5. The number of aromatic nitrogens is 1. The molecule has 5 nitrogen and oxygen atoms in total. The Hall–Kier alpha value is -7.21. The monoisotopic (exact) mass is 760 g/mol. The zero-order chi connectivity index (χ0) is 39.2. The molecule has 0 amide bonds. The van der Waals surface area contributed by atoms with Crippen molar-refractivity contribution < 1.29 is 4.42 Å². The Morgan fingerprint density at radius 2 is 1.24 bits per heavy atom. The third kappa shape index (κ3) is 5.32. The number of para-hydroxylation sites is 1. The molecule has 0 saturated carbocycles. The number of nitrogens with zero attached hydrogens (tertiary/aromatic N) is 2. The molecule has 2 aliphatic rings. The van der Waals surface area contributed by atoms with Crippen molar-refractivity contribution in [2.75, 3.05) is 0 Å². The Bertz CT molecular complexity index is 3320. The smallest absolute Gasteiger partial charge is 0.136 e. The summed E-state index contributed by atoms with van der Waals surface area (Å²) in [7, 11) is 0. The molecule has 1 aliphatic heterocycles. The predicted molar refractivity (Wildman–Crippen MR) is 242 cm³/mol. The molecule has 2 unspecified atom stereocenters. The number of amidine groups is 1. The maximum absolute atomic E-state index is 6.63. The molecule has 2 N–H and O–H groups in total. The summed E-state index contributed by atoms with van der Waals surface area (Å²) < 4.78 is 9.02. The third-order valence-corrected chi connectivity index (χ3v) is 12.7. The highest BCUT2D eigenvalue weighted by Gasteiger charge is 2.36. The van der Waals surface area contributed by atoms with Crippen LogP contribution in [-0.4, -0.2) is 10.4 Å². The van der Waals surface area contributed by atoms with Crippen LogP contribution in [0.4, 0.5) is 0 Å². The summed E-state index contributed by atoms with van der Waals surface area (Å²) in [5.74, 6) is 0.827. The molecule has 3 heterocycles. The first kappa shape index (κ1) is 33.9. The van der Waals surface area contributed by atoms with Crippen molar-refractivity contribution in [2.45, 2.75) is 31.6 Å². The van der Waals surface area contributed by atoms with Gasteiger partial charge in [0.25, 0.3) is 0 Å². The number of benzene rings is 8. The van der Waals surface area contributed by atoms with Gasteiger partial charge in [-0.3, -0.25) is 5.32 Å². The predicted octanol–water partition coefficient (Wildman–Crippen LogP) is 13.0. The standard InChI is InChI=1S/C54H40N4O/c1-54(2)45-19-11-9-17-39(45)40-25-22-36(29-46(40)54)52-55-51(34-15-7-4-8-16-34)56-53(57-52)37-23-27-43-44-32-38(24-28-49(44)59-50(43)31-37)58-47-20-12-10-18-41(47)42-26-21-35(30-48(42)58)33-13-5-3-6-14-33/h3-32,51-52,55H,1-2H3,(H,56,57). The second-order valence-electron chi connectivity index (χ2n) is 16.5. The highest BCUT2D eigenvalue weighted by Crippen LogP contribution is 2.49. The van der Waals surface area contributed by atoms with Gasteiger partial charge in [-0.05, 0) is 87.0 Å². The third-order valence-electron chi connectivity index (χ3n) is 12.7. The van der Waals surface area contributed by atoms with Gasteiger partial charge < -0.3 is 14.3 Å². The molecule has 2 atom stereocenters. The molecule has 2 aromatic heterocycles. The molecule has 1 aliphatic carbocycles. The van der Waals surface area contributed by atoms with Crippen molar-refractivity contribution in [1.82, 2.24) is 15.2 Å². The van der Waals surface area contributed by atoms with Crippen molar-refractivity contribution in [3.63, 3.8) is 0 Å². The summed E-state index contributed by atoms with van der Waals surface area (Å²) in [6, 6.07) is 65.4. The fourth-order valence-corrected chi connectivity index (χ4v) is 9.70. The van der Waals surface area contributed by atoms with Gasteiger partial charge in [-0.25, -0.2) is 4.99 Å². The van der Waals surface area contributed by atoms with Crippen LogP contribution in [0.2, 0.25) is 0 Å². The van der Waals surface area contributed by atoms with Crippen molar-refractivity contribution >= 4 is 49.6 Å². The van der Waals surface area contributed by atoms with E-state index in [0.29, 0.717) is 0 Å². The Balaban J connectivity index is 0.943. The van der Waals surface area contributed by atoms with Crippen molar-refractivity contribution in [1.29, 1.82) is 0 Å². The number of furan rings is 1. The van der Waals surface area contributed by atoms with E-state index in [-0.39, 0.29) is 17.7 Å². The van der Waals surface area contributed by atoms with Crippen LogP contribution in [0.25, 0.3) is 71.7 Å². The summed E-state index contributed by atoms with van der Waals surface area (Å²) in [4.78, 5) is 5.28. The molecule has 0 radical (unpaired) electrons. The van der Waals surface area contributed by atoms with Gasteiger partial charge in [0.15, 0.2) is 0 Å². The van der Waals surface area contributed by atoms with Gasteiger partial charge in [0.05, 0.1) is 11.0 Å². The topological polar surface area (TPSA) is 54.5 Å². The van der Waals surface area contributed by atoms with Gasteiger partial charge in [0, 0.05) is 38.2 Å². The number of hydrogen-bond acceptors (Lipinski definition) is 4. The minimum atomic E-state index is -0.238. The molecule has 5 heteroatoms. The first-order valence-corrected chi connectivity index (χ1v) is 20.4. The SMILES string of the molecule is CC1(C)c2ccccc2-c2ccc(C3NC(c4ccc5c(c4)oc4ccc(-n6c7ccccc7c7ccc(-c8ccccc8)cc76)cc45)=NC(c4ccccc4)N3)cc21. The Kier molecular flexibility index (Phi) is 7.41. The average Bonchev–Trinajstić information content (AvgIpc) is 3.91. The minimum absolute atomic E-state index is 0.0921. The van der Waals surface area contributed by atoms with E-state index in [0.717, 1.165) is 44.6 Å². The summed E-state index contributed by atoms with van der Waals surface area (Å²) in [5.41, 5.74) is 16.1. The van der Waals surface area contributed by atoms with Gasteiger partial charge >= 0.3 is 0 Å². The van der Waals surface area contributed by atoms with Crippen LogP contribution in [0.5, 0.6) is 0 Å². The lowest BCUT2D eigenvalue weighted by atomic mass is 9.82. The molecule has 59 heavy (non-hydrogen) atoms. The Labute approximate surface area is 342 Å². The minimum Gasteiger partial charge on any atom is -0.456 e. The van der Waals surface area contributed by atoms with Crippen LogP contribution >= 0.6 is 0 Å². The zero-order valence-corrected chi connectivity index (χ0v) is 32.8. The van der Waals surface area contributed by atoms with Gasteiger partial charge in [0.1, 0.15) is 29.3 Å². The molecule has 8 aromatic carbocycles. The van der Waals surface area contributed by atoms with Crippen LogP contribution in [0, 0.1) is 0 Å². The summed E-state index contributed by atoms with van der Waals surface area (Å²) >= 11 is 0. The highest BCUT2D eigenvalue weighted by molar-refractivity contribution is 6.12. The van der Waals surface area contributed by atoms with Crippen LogP contribution in [-0.2, 0) is 5.41 Å². The largest absolute Gasteiger partial charge is 0.456 e. The number of nitrogens with one attached hydrogen (secondary N) is 2. The van der Waals surface area contributed by atoms with Crippen molar-refractivity contribution in [3.05, 3.63) is 210 Å². The first-order valence-electron chi connectivity index (χ1n) is 20.4. The molecule has 0 fully saturated rings. The van der Waals surface area contributed by atoms with E-state index in [1.165, 1.54) is 60.8 Å². The normalized spacial score (nSPS) is 16.9. The fourth-order valence-electron chi connectivity index (χ4n) is 9.70. The molecule has 0 saturated heterocycles. The summed E-state index contributed by atoms with van der Waals surface area (Å²) in [6.07, 6.45) is -0.404. The zero-order valence-electron chi connectivity index (χ0n) is 32.8. The van der Waals surface area contributed by atoms with E-state index in [4.69, 9.17) is 9.41 Å². The molecule has 12 rings (SSSR count). The lowest BCUT2D eigenvalue weighted by molar-refractivity contribution is 0.408. The Morgan fingerprint density at radius 1 is 0.508 bits per heavy atom. The van der Waals surface area contributed by atoms with E-state index in [9.17, 15) is 0 Å². The highest BCUT2D eigenvalue weighted by atomic mass is 16.3. The van der Waals surface area contributed by atoms with E-state index in [2.05, 4.69) is 211 Å². The number of fused-ring (bicyclic) bond motifs is 9. The molecular weight excluding hydrogens is 721 g/mol. The maximum atomic E-state index is 6.63. The van der Waals surface area contributed by atoms with Crippen LogP contribution in [0.3, 0.4) is 0 Å². The Morgan fingerprint density at radius 3 is 2.12 bits per heavy atom. The maximum Gasteiger partial charge on any atom is 0.136 e. The van der Waals surface area contributed by atoms with Gasteiger partial charge in [-0.1, -0.05) is 153 Å². The molecular formula is C54H40N4O. The second-order valence-corrected chi connectivity index (χ2v) is 16.5. The van der Waals surface area contributed by atoms with Crippen LogP contribution in [0.1, 0.15) is 54.0 Å². The van der Waals surface area contributed by atoms with E-state index < -0.39 is 0 Å². The second kappa shape index (κ2) is 12.9. The van der Waals surface area contributed by atoms with Gasteiger partial charge in [0.2, 0.25) is 0 Å². The van der Waals surface area contributed by atoms with E-state index in [1.807, 2.05) is 0 Å². The van der Waals surface area contributed by atoms with Crippen molar-refractivity contribution in [3.8, 4) is 27.9 Å². The van der Waals surface area contributed by atoms with E-state index in [1.54, 1.807) is 0 Å². The summed E-state index contributed by atoms with van der Waals surface area (Å²) in [6.45, 7) is 4.66. The molecule has 0 bridgehead atoms. The molecule has 10 aromatic rings. The van der Waals surface area contributed by atoms with Crippen molar-refractivity contribution in [2.24, 2.45) is 4.99 Å². The lowest BCUT2D eigenvalue weighted by Crippen LogP contribution is -2.45.